The maximum absolute atomic E-state index is 10.8. The molecule has 14 heavy (non-hydrogen) atoms. The molecule has 74 valence electrons. The summed E-state index contributed by atoms with van der Waals surface area (Å²) >= 11 is 0. The average Bonchev–Trinajstić information content (AvgIpc) is 2.19. The molecular formula is C11H12O3. The van der Waals surface area contributed by atoms with E-state index in [0.717, 1.165) is 5.56 Å². The van der Waals surface area contributed by atoms with Gasteiger partial charge in [0, 0.05) is 13.3 Å². The molecule has 0 fully saturated rings. The number of carbonyl (C=O) groups excluding carboxylic acids is 2. The van der Waals surface area contributed by atoms with Crippen molar-refractivity contribution in [2.75, 3.05) is 6.61 Å². The maximum Gasteiger partial charge on any atom is 0.374 e. The van der Waals surface area contributed by atoms with Crippen molar-refractivity contribution < 1.29 is 14.3 Å². The lowest BCUT2D eigenvalue weighted by molar-refractivity contribution is -0.152. The van der Waals surface area contributed by atoms with Gasteiger partial charge in [0.15, 0.2) is 0 Å². The molecule has 0 heterocycles. The van der Waals surface area contributed by atoms with Gasteiger partial charge >= 0.3 is 5.97 Å². The second-order valence-electron chi connectivity index (χ2n) is 2.93. The zero-order chi connectivity index (χ0) is 10.4. The zero-order valence-electron chi connectivity index (χ0n) is 8.03. The minimum atomic E-state index is -0.763. The molecule has 0 saturated heterocycles. The number of carbonyl (C=O) groups is 2. The predicted molar refractivity (Wildman–Crippen MR) is 51.8 cm³/mol. The molecule has 3 heteroatoms. The fourth-order valence-electron chi connectivity index (χ4n) is 1.01. The zero-order valence-corrected chi connectivity index (χ0v) is 8.03. The van der Waals surface area contributed by atoms with Crippen LogP contribution in [0.2, 0.25) is 0 Å². The van der Waals surface area contributed by atoms with Crippen molar-refractivity contribution in [3.05, 3.63) is 35.9 Å². The van der Waals surface area contributed by atoms with E-state index in [1.54, 1.807) is 0 Å². The van der Waals surface area contributed by atoms with Crippen LogP contribution in [-0.2, 0) is 20.7 Å². The van der Waals surface area contributed by atoms with Crippen LogP contribution >= 0.6 is 0 Å². The van der Waals surface area contributed by atoms with Crippen LogP contribution < -0.4 is 0 Å². The molecule has 0 aromatic heterocycles. The van der Waals surface area contributed by atoms with Crippen LogP contribution in [0.3, 0.4) is 0 Å². The summed E-state index contributed by atoms with van der Waals surface area (Å²) in [6.45, 7) is 1.45. The van der Waals surface area contributed by atoms with Gasteiger partial charge in [-0.3, -0.25) is 4.79 Å². The Hall–Kier alpha value is -1.64. The number of ether oxygens (including phenoxy) is 1. The van der Waals surface area contributed by atoms with Gasteiger partial charge in [-0.2, -0.15) is 0 Å². The van der Waals surface area contributed by atoms with Crippen LogP contribution in [0.4, 0.5) is 0 Å². The summed E-state index contributed by atoms with van der Waals surface area (Å²) in [6.07, 6.45) is 0.639. The van der Waals surface area contributed by atoms with Crippen molar-refractivity contribution in [1.29, 1.82) is 0 Å². The minimum absolute atomic E-state index is 0.252. The van der Waals surface area contributed by atoms with Crippen LogP contribution in [-0.4, -0.2) is 18.4 Å². The second-order valence-corrected chi connectivity index (χ2v) is 2.93. The lowest BCUT2D eigenvalue weighted by Crippen LogP contribution is -2.15. The van der Waals surface area contributed by atoms with E-state index in [4.69, 9.17) is 4.74 Å². The summed E-state index contributed by atoms with van der Waals surface area (Å²) in [6, 6.07) is 9.65. The molecule has 0 aliphatic carbocycles. The summed E-state index contributed by atoms with van der Waals surface area (Å²) in [7, 11) is 0. The second kappa shape index (κ2) is 5.17. The molecule has 0 radical (unpaired) electrons. The summed E-state index contributed by atoms with van der Waals surface area (Å²) in [5, 5.41) is 0. The van der Waals surface area contributed by atoms with E-state index in [1.807, 2.05) is 30.3 Å². The fraction of sp³-hybridized carbons (Fsp3) is 0.273. The van der Waals surface area contributed by atoms with Gasteiger partial charge in [0.25, 0.3) is 0 Å². The molecule has 0 saturated carbocycles. The number of ketones is 1. The van der Waals surface area contributed by atoms with E-state index >= 15 is 0 Å². The SMILES string of the molecule is CC(=O)C(=O)OCCc1ccccc1. The van der Waals surface area contributed by atoms with E-state index in [2.05, 4.69) is 0 Å². The predicted octanol–water partition coefficient (Wildman–Crippen LogP) is 1.36. The molecule has 0 aliphatic rings. The van der Waals surface area contributed by atoms with E-state index in [9.17, 15) is 9.59 Å². The molecule has 0 spiro atoms. The lowest BCUT2D eigenvalue weighted by atomic mass is 10.2. The first-order valence-corrected chi connectivity index (χ1v) is 4.42. The molecule has 0 atom stereocenters. The average molecular weight is 192 g/mol. The Labute approximate surface area is 82.7 Å². The van der Waals surface area contributed by atoms with E-state index in [-0.39, 0.29) is 6.61 Å². The van der Waals surface area contributed by atoms with Crippen LogP contribution in [0.25, 0.3) is 0 Å². The Kier molecular flexibility index (Phi) is 3.85. The van der Waals surface area contributed by atoms with Crippen LogP contribution in [0, 0.1) is 0 Å². The Morgan fingerprint density at radius 2 is 1.86 bits per heavy atom. The number of esters is 1. The van der Waals surface area contributed by atoms with Crippen molar-refractivity contribution in [3.8, 4) is 0 Å². The minimum Gasteiger partial charge on any atom is -0.460 e. The monoisotopic (exact) mass is 192 g/mol. The molecule has 0 amide bonds. The van der Waals surface area contributed by atoms with Gasteiger partial charge in [0.2, 0.25) is 5.78 Å². The molecule has 1 aromatic carbocycles. The van der Waals surface area contributed by atoms with E-state index < -0.39 is 11.8 Å². The molecule has 0 bridgehead atoms. The van der Waals surface area contributed by atoms with Crippen LogP contribution in [0.5, 0.6) is 0 Å². The lowest BCUT2D eigenvalue weighted by Gasteiger charge is -2.01. The number of hydrogen-bond acceptors (Lipinski definition) is 3. The van der Waals surface area contributed by atoms with Gasteiger partial charge in [-0.25, -0.2) is 4.79 Å². The highest BCUT2D eigenvalue weighted by Gasteiger charge is 2.07. The molecule has 1 rings (SSSR count). The molecule has 1 aromatic rings. The smallest absolute Gasteiger partial charge is 0.374 e. The Balaban J connectivity index is 2.29. The summed E-state index contributed by atoms with van der Waals surface area (Å²) in [5.74, 6) is -1.32. The van der Waals surface area contributed by atoms with Crippen LogP contribution in [0.1, 0.15) is 12.5 Å². The Morgan fingerprint density at radius 3 is 2.43 bits per heavy atom. The Bertz CT molecular complexity index is 317. The van der Waals surface area contributed by atoms with Crippen molar-refractivity contribution in [1.82, 2.24) is 0 Å². The van der Waals surface area contributed by atoms with Gasteiger partial charge in [0.1, 0.15) is 0 Å². The van der Waals surface area contributed by atoms with Gasteiger partial charge in [-0.15, -0.1) is 0 Å². The number of benzene rings is 1. The van der Waals surface area contributed by atoms with Crippen molar-refractivity contribution in [3.63, 3.8) is 0 Å². The van der Waals surface area contributed by atoms with Crippen molar-refractivity contribution in [2.45, 2.75) is 13.3 Å². The molecule has 0 unspecified atom stereocenters. The highest BCUT2D eigenvalue weighted by atomic mass is 16.5. The van der Waals surface area contributed by atoms with Crippen molar-refractivity contribution >= 4 is 11.8 Å². The topological polar surface area (TPSA) is 43.4 Å². The first-order valence-electron chi connectivity index (χ1n) is 4.42. The largest absolute Gasteiger partial charge is 0.460 e. The first-order chi connectivity index (χ1) is 6.70. The summed E-state index contributed by atoms with van der Waals surface area (Å²) < 4.78 is 4.72. The quantitative estimate of drug-likeness (QED) is 0.534. The third-order valence-electron chi connectivity index (χ3n) is 1.75. The van der Waals surface area contributed by atoms with E-state index in [1.165, 1.54) is 6.92 Å². The molecule has 0 N–H and O–H groups in total. The number of rotatable bonds is 4. The third-order valence-corrected chi connectivity index (χ3v) is 1.75. The molecular weight excluding hydrogens is 180 g/mol. The van der Waals surface area contributed by atoms with E-state index in [0.29, 0.717) is 6.42 Å². The van der Waals surface area contributed by atoms with Crippen molar-refractivity contribution in [2.24, 2.45) is 0 Å². The standard InChI is InChI=1S/C11H12O3/c1-9(12)11(13)14-8-7-10-5-3-2-4-6-10/h2-6H,7-8H2,1H3. The Morgan fingerprint density at radius 1 is 1.21 bits per heavy atom. The van der Waals surface area contributed by atoms with Gasteiger partial charge < -0.3 is 4.74 Å². The third kappa shape index (κ3) is 3.39. The highest BCUT2D eigenvalue weighted by Crippen LogP contribution is 1.99. The maximum atomic E-state index is 10.8. The normalized spacial score (nSPS) is 9.50. The fourth-order valence-corrected chi connectivity index (χ4v) is 1.01. The molecule has 0 aliphatic heterocycles. The van der Waals surface area contributed by atoms with Gasteiger partial charge in [0.05, 0.1) is 6.61 Å². The summed E-state index contributed by atoms with van der Waals surface area (Å²) in [4.78, 5) is 21.3. The van der Waals surface area contributed by atoms with Gasteiger partial charge in [-0.1, -0.05) is 30.3 Å². The summed E-state index contributed by atoms with van der Waals surface area (Å²) in [5.41, 5.74) is 1.09. The van der Waals surface area contributed by atoms with Gasteiger partial charge in [-0.05, 0) is 5.56 Å². The van der Waals surface area contributed by atoms with Crippen LogP contribution in [0.15, 0.2) is 30.3 Å². The molecule has 3 nitrogen and oxygen atoms in total. The number of hydrogen-bond donors (Lipinski definition) is 0. The number of Topliss-reactive ketones (excluding diaryl/α,β-unsaturated/α-hetero) is 1. The highest BCUT2D eigenvalue weighted by molar-refractivity contribution is 6.32. The first kappa shape index (κ1) is 10.4.